The molecule has 0 unspecified atom stereocenters. The first-order valence-electron chi connectivity index (χ1n) is 16.3. The van der Waals surface area contributed by atoms with Gasteiger partial charge in [-0.3, -0.25) is 14.2 Å². The standard InChI is InChI=1S/C40H35ClN4O7/c1-5-26-7-6-8-29(19-26)44-39-33-21-36(50-16-15-48-3)37(23-34(33)42-24-43-39)51-17-18-52-38(46)22-31-25(2)45(35-14-13-30(49-4)20-32(31)35)40(47)27-9-11-28(41)12-10-27/h1,6-14,19-21,23-24H,15-18,22H2,2-4H3,(H,42,43,44). The summed E-state index contributed by atoms with van der Waals surface area (Å²) in [5, 5.41) is 5.23. The fraction of sp³-hybridized carbons (Fsp3) is 0.200. The molecule has 0 saturated heterocycles. The number of carbonyl (C=O) groups is 2. The Morgan fingerprint density at radius 2 is 1.65 bits per heavy atom. The van der Waals surface area contributed by atoms with Crippen molar-refractivity contribution in [3.63, 3.8) is 0 Å². The molecular formula is C40H35ClN4O7. The predicted molar refractivity (Wildman–Crippen MR) is 199 cm³/mol. The van der Waals surface area contributed by atoms with Gasteiger partial charge >= 0.3 is 5.97 Å². The first kappa shape index (κ1) is 35.7. The number of fused-ring (bicyclic) bond motifs is 2. The van der Waals surface area contributed by atoms with Crippen molar-refractivity contribution in [3.05, 3.63) is 113 Å². The van der Waals surface area contributed by atoms with Crippen molar-refractivity contribution < 1.29 is 33.3 Å². The number of aromatic nitrogens is 3. The number of rotatable bonds is 14. The summed E-state index contributed by atoms with van der Waals surface area (Å²) in [6.07, 6.45) is 6.95. The van der Waals surface area contributed by atoms with Gasteiger partial charge in [-0.2, -0.15) is 0 Å². The number of ether oxygens (including phenoxy) is 5. The van der Waals surface area contributed by atoms with Crippen LogP contribution >= 0.6 is 11.6 Å². The molecule has 0 bridgehead atoms. The maximum Gasteiger partial charge on any atom is 0.310 e. The fourth-order valence-corrected chi connectivity index (χ4v) is 5.87. The second-order valence-corrected chi connectivity index (χ2v) is 12.0. The Bertz CT molecular complexity index is 2300. The first-order valence-corrected chi connectivity index (χ1v) is 16.7. The third-order valence-electron chi connectivity index (χ3n) is 8.30. The monoisotopic (exact) mass is 718 g/mol. The summed E-state index contributed by atoms with van der Waals surface area (Å²) in [6, 6.07) is 23.0. The lowest BCUT2D eigenvalue weighted by Crippen LogP contribution is -2.16. The number of nitrogens with zero attached hydrogens (tertiary/aromatic N) is 3. The van der Waals surface area contributed by atoms with E-state index in [9.17, 15) is 9.59 Å². The first-order chi connectivity index (χ1) is 25.3. The summed E-state index contributed by atoms with van der Waals surface area (Å²) in [4.78, 5) is 35.7. The lowest BCUT2D eigenvalue weighted by Gasteiger charge is -2.15. The van der Waals surface area contributed by atoms with Crippen molar-refractivity contribution in [1.29, 1.82) is 0 Å². The average Bonchev–Trinajstić information content (AvgIpc) is 3.43. The normalized spacial score (nSPS) is 10.9. The second-order valence-electron chi connectivity index (χ2n) is 11.6. The molecule has 2 aromatic heterocycles. The molecule has 1 N–H and O–H groups in total. The van der Waals surface area contributed by atoms with E-state index < -0.39 is 5.97 Å². The van der Waals surface area contributed by atoms with E-state index in [2.05, 4.69) is 21.2 Å². The number of anilines is 2. The molecule has 0 spiro atoms. The number of hydrogen-bond acceptors (Lipinski definition) is 10. The second kappa shape index (κ2) is 16.3. The zero-order valence-corrected chi connectivity index (χ0v) is 29.5. The SMILES string of the molecule is C#Cc1cccc(Nc2ncnc3cc(OCCOC(=O)Cc4c(C)n(C(=O)c5ccc(Cl)cc5)c5ccc(OC)cc45)c(OCCOC)cc23)c1. The Morgan fingerprint density at radius 1 is 0.885 bits per heavy atom. The molecule has 12 heteroatoms. The number of halogens is 1. The summed E-state index contributed by atoms with van der Waals surface area (Å²) in [5.41, 5.74) is 4.48. The molecule has 0 fully saturated rings. The number of benzene rings is 4. The summed E-state index contributed by atoms with van der Waals surface area (Å²) < 4.78 is 29.9. The van der Waals surface area contributed by atoms with Crippen LogP contribution in [0, 0.1) is 19.3 Å². The summed E-state index contributed by atoms with van der Waals surface area (Å²) in [6.45, 7) is 2.43. The van der Waals surface area contributed by atoms with Gasteiger partial charge < -0.3 is 29.0 Å². The Kier molecular flexibility index (Phi) is 11.2. The van der Waals surface area contributed by atoms with E-state index in [0.717, 1.165) is 11.3 Å². The smallest absolute Gasteiger partial charge is 0.310 e. The van der Waals surface area contributed by atoms with Crippen LogP contribution in [0.1, 0.15) is 27.2 Å². The molecule has 4 aromatic carbocycles. The largest absolute Gasteiger partial charge is 0.497 e. The highest BCUT2D eigenvalue weighted by atomic mass is 35.5. The summed E-state index contributed by atoms with van der Waals surface area (Å²) >= 11 is 6.05. The Labute approximate surface area is 305 Å². The van der Waals surface area contributed by atoms with Crippen LogP contribution in [0.4, 0.5) is 11.5 Å². The number of hydrogen-bond donors (Lipinski definition) is 1. The van der Waals surface area contributed by atoms with Crippen LogP contribution in [-0.2, 0) is 20.7 Å². The fourth-order valence-electron chi connectivity index (χ4n) is 5.75. The van der Waals surface area contributed by atoms with Crippen molar-refractivity contribution in [2.45, 2.75) is 13.3 Å². The van der Waals surface area contributed by atoms with Crippen molar-refractivity contribution in [3.8, 4) is 29.6 Å². The van der Waals surface area contributed by atoms with E-state index in [0.29, 0.717) is 73.3 Å². The number of carbonyl (C=O) groups excluding carboxylic acids is 2. The van der Waals surface area contributed by atoms with Gasteiger partial charge in [-0.25, -0.2) is 9.97 Å². The van der Waals surface area contributed by atoms with E-state index in [-0.39, 0.29) is 32.1 Å². The Balaban J connectivity index is 1.17. The van der Waals surface area contributed by atoms with Gasteiger partial charge in [-0.05, 0) is 79.2 Å². The molecule has 0 atom stereocenters. The molecule has 0 aliphatic carbocycles. The highest BCUT2D eigenvalue weighted by molar-refractivity contribution is 6.30. The van der Waals surface area contributed by atoms with Gasteiger partial charge in [0.1, 0.15) is 37.7 Å². The van der Waals surface area contributed by atoms with Gasteiger partial charge in [0.15, 0.2) is 11.5 Å². The van der Waals surface area contributed by atoms with Crippen LogP contribution in [0.25, 0.3) is 21.8 Å². The maximum absolute atomic E-state index is 13.6. The van der Waals surface area contributed by atoms with Crippen molar-refractivity contribution in [2.24, 2.45) is 0 Å². The minimum Gasteiger partial charge on any atom is -0.497 e. The molecule has 0 aliphatic heterocycles. The lowest BCUT2D eigenvalue weighted by molar-refractivity contribution is -0.143. The molecule has 52 heavy (non-hydrogen) atoms. The maximum atomic E-state index is 13.6. The number of nitrogens with one attached hydrogen (secondary N) is 1. The van der Waals surface area contributed by atoms with Crippen LogP contribution in [0.3, 0.4) is 0 Å². The van der Waals surface area contributed by atoms with E-state index in [1.54, 1.807) is 74.2 Å². The highest BCUT2D eigenvalue weighted by Gasteiger charge is 2.23. The van der Waals surface area contributed by atoms with Gasteiger partial charge in [0, 0.05) is 51.5 Å². The van der Waals surface area contributed by atoms with Gasteiger partial charge in [-0.15, -0.1) is 6.42 Å². The molecule has 0 radical (unpaired) electrons. The van der Waals surface area contributed by atoms with Crippen LogP contribution in [0.15, 0.2) is 85.2 Å². The number of esters is 1. The molecule has 11 nitrogen and oxygen atoms in total. The van der Waals surface area contributed by atoms with Crippen LogP contribution in [0.2, 0.25) is 5.02 Å². The van der Waals surface area contributed by atoms with Gasteiger partial charge in [0.2, 0.25) is 0 Å². The Hall–Kier alpha value is -6.09. The zero-order chi connectivity index (χ0) is 36.6. The van der Waals surface area contributed by atoms with Crippen molar-refractivity contribution in [1.82, 2.24) is 14.5 Å². The van der Waals surface area contributed by atoms with Crippen LogP contribution < -0.4 is 19.5 Å². The third kappa shape index (κ3) is 7.94. The lowest BCUT2D eigenvalue weighted by atomic mass is 10.1. The molecule has 0 aliphatic rings. The van der Waals surface area contributed by atoms with Crippen LogP contribution in [0.5, 0.6) is 17.2 Å². The van der Waals surface area contributed by atoms with Crippen molar-refractivity contribution in [2.75, 3.05) is 46.0 Å². The minimum atomic E-state index is -0.486. The van der Waals surface area contributed by atoms with Gasteiger partial charge in [0.25, 0.3) is 5.91 Å². The van der Waals surface area contributed by atoms with E-state index in [1.165, 1.54) is 6.33 Å². The van der Waals surface area contributed by atoms with Crippen molar-refractivity contribution >= 4 is 56.8 Å². The quantitative estimate of drug-likeness (QED) is 0.0705. The molecule has 264 valence electrons. The molecular weight excluding hydrogens is 684 g/mol. The van der Waals surface area contributed by atoms with Gasteiger partial charge in [0.05, 0.1) is 31.2 Å². The Morgan fingerprint density at radius 3 is 2.40 bits per heavy atom. The summed E-state index contributed by atoms with van der Waals surface area (Å²) in [5.74, 6) is 3.89. The highest BCUT2D eigenvalue weighted by Crippen LogP contribution is 2.35. The number of methoxy groups -OCH3 is 2. The molecule has 2 heterocycles. The molecule has 0 amide bonds. The third-order valence-corrected chi connectivity index (χ3v) is 8.55. The minimum absolute atomic E-state index is 0.0383. The molecule has 6 rings (SSSR count). The topological polar surface area (TPSA) is 123 Å². The summed E-state index contributed by atoms with van der Waals surface area (Å²) in [7, 11) is 3.15. The van der Waals surface area contributed by atoms with Crippen LogP contribution in [-0.4, -0.2) is 67.1 Å². The zero-order valence-electron chi connectivity index (χ0n) is 28.8. The van der Waals surface area contributed by atoms with E-state index >= 15 is 0 Å². The van der Waals surface area contributed by atoms with E-state index in [4.69, 9.17) is 41.7 Å². The molecule has 0 saturated carbocycles. The molecule has 6 aromatic rings. The van der Waals surface area contributed by atoms with E-state index in [1.807, 2.05) is 30.3 Å². The van der Waals surface area contributed by atoms with Gasteiger partial charge in [-0.1, -0.05) is 23.6 Å². The predicted octanol–water partition coefficient (Wildman–Crippen LogP) is 7.16. The average molecular weight is 719 g/mol. The number of terminal acetylenes is 1.